The number of nitrogens with zero attached hydrogens (tertiary/aromatic N) is 1. The molecule has 0 aromatic heterocycles. The van der Waals surface area contributed by atoms with Gasteiger partial charge in [0.2, 0.25) is 5.91 Å². The third-order valence-electron chi connectivity index (χ3n) is 4.48. The summed E-state index contributed by atoms with van der Waals surface area (Å²) < 4.78 is 5.53. The number of carbonyl (C=O) groups excluding carboxylic acids is 2. The second kappa shape index (κ2) is 10.4. The molecule has 1 heterocycles. The summed E-state index contributed by atoms with van der Waals surface area (Å²) in [5, 5.41) is 12.4. The molecule has 8 heteroatoms. The summed E-state index contributed by atoms with van der Waals surface area (Å²) in [5.74, 6) is 0.00237. The molecule has 1 atom stereocenters. The van der Waals surface area contributed by atoms with Gasteiger partial charge in [0.25, 0.3) is 5.91 Å². The number of rotatable bonds is 8. The Kier molecular flexibility index (Phi) is 7.62. The molecule has 1 aliphatic heterocycles. The van der Waals surface area contributed by atoms with Crippen LogP contribution in [0.5, 0.6) is 5.75 Å². The van der Waals surface area contributed by atoms with Crippen LogP contribution in [-0.2, 0) is 16.0 Å². The number of methoxy groups -OCH3 is 1. The van der Waals surface area contributed by atoms with E-state index in [0.29, 0.717) is 21.4 Å². The third kappa shape index (κ3) is 5.69. The number of amides is 2. The molecule has 0 aliphatic carbocycles. The number of ether oxygens (including phenoxy) is 1. The van der Waals surface area contributed by atoms with Crippen molar-refractivity contribution < 1.29 is 19.4 Å². The summed E-state index contributed by atoms with van der Waals surface area (Å²) in [6.45, 7) is -0.389. The molecular weight excluding hydrogens is 420 g/mol. The Labute approximate surface area is 184 Å². The second-order valence-electron chi connectivity index (χ2n) is 6.68. The van der Waals surface area contributed by atoms with Crippen LogP contribution in [0.15, 0.2) is 59.5 Å². The van der Waals surface area contributed by atoms with Crippen LogP contribution < -0.4 is 10.1 Å². The van der Waals surface area contributed by atoms with Crippen LogP contribution in [0.2, 0.25) is 0 Å². The van der Waals surface area contributed by atoms with Gasteiger partial charge in [0.1, 0.15) is 16.6 Å². The summed E-state index contributed by atoms with van der Waals surface area (Å²) in [4.78, 5) is 26.9. The highest BCUT2D eigenvalue weighted by Gasteiger charge is 2.33. The number of hydrogen-bond acceptors (Lipinski definition) is 6. The Balaban J connectivity index is 1.63. The molecule has 30 heavy (non-hydrogen) atoms. The summed E-state index contributed by atoms with van der Waals surface area (Å²) >= 11 is 6.46. The van der Waals surface area contributed by atoms with Crippen molar-refractivity contribution in [3.8, 4) is 5.75 Å². The summed E-state index contributed by atoms with van der Waals surface area (Å²) in [6.07, 6.45) is 2.23. The first-order valence-electron chi connectivity index (χ1n) is 9.33. The third-order valence-corrected chi connectivity index (χ3v) is 5.86. The maximum atomic E-state index is 12.7. The maximum absolute atomic E-state index is 12.7. The largest absolute Gasteiger partial charge is 0.497 e. The molecule has 0 spiro atoms. The van der Waals surface area contributed by atoms with E-state index in [1.54, 1.807) is 13.2 Å². The van der Waals surface area contributed by atoms with E-state index in [-0.39, 0.29) is 25.0 Å². The van der Waals surface area contributed by atoms with Crippen LogP contribution in [0.4, 0.5) is 0 Å². The number of benzene rings is 2. The average molecular weight is 443 g/mol. The predicted molar refractivity (Wildman–Crippen MR) is 122 cm³/mol. The lowest BCUT2D eigenvalue weighted by Crippen LogP contribution is -2.45. The maximum Gasteiger partial charge on any atom is 0.266 e. The van der Waals surface area contributed by atoms with Crippen LogP contribution in [0.3, 0.4) is 0 Å². The molecule has 1 saturated heterocycles. The number of thiocarbonyl (C=S) groups is 1. The van der Waals surface area contributed by atoms with Crippen LogP contribution in [0.1, 0.15) is 11.1 Å². The first kappa shape index (κ1) is 22.0. The Morgan fingerprint density at radius 1 is 1.27 bits per heavy atom. The van der Waals surface area contributed by atoms with Gasteiger partial charge in [-0.2, -0.15) is 0 Å². The lowest BCUT2D eigenvalue weighted by Gasteiger charge is -2.19. The smallest absolute Gasteiger partial charge is 0.266 e. The molecule has 0 bridgehead atoms. The topological polar surface area (TPSA) is 78.9 Å². The normalized spacial score (nSPS) is 16.1. The van der Waals surface area contributed by atoms with Crippen molar-refractivity contribution in [3.63, 3.8) is 0 Å². The molecular formula is C22H22N2O4S2. The predicted octanol–water partition coefficient (Wildman–Crippen LogP) is 2.62. The van der Waals surface area contributed by atoms with Crippen molar-refractivity contribution in [2.45, 2.75) is 12.5 Å². The van der Waals surface area contributed by atoms with E-state index in [1.165, 1.54) is 4.90 Å². The molecule has 0 saturated carbocycles. The Bertz CT molecular complexity index is 963. The molecule has 156 valence electrons. The molecule has 2 amide bonds. The van der Waals surface area contributed by atoms with Crippen LogP contribution in [0.25, 0.3) is 6.08 Å². The number of nitrogens with one attached hydrogen (secondary N) is 1. The van der Waals surface area contributed by atoms with Crippen LogP contribution >= 0.6 is 24.0 Å². The first-order valence-corrected chi connectivity index (χ1v) is 10.6. The van der Waals surface area contributed by atoms with Gasteiger partial charge in [-0.3, -0.25) is 14.5 Å². The number of aliphatic hydroxyl groups is 1. The van der Waals surface area contributed by atoms with Gasteiger partial charge in [0.05, 0.1) is 24.7 Å². The molecule has 0 radical (unpaired) electrons. The quantitative estimate of drug-likeness (QED) is 0.483. The molecule has 2 N–H and O–H groups in total. The van der Waals surface area contributed by atoms with Gasteiger partial charge in [-0.25, -0.2) is 0 Å². The van der Waals surface area contributed by atoms with Crippen molar-refractivity contribution in [1.82, 2.24) is 10.2 Å². The van der Waals surface area contributed by atoms with Gasteiger partial charge < -0.3 is 15.2 Å². The highest BCUT2D eigenvalue weighted by molar-refractivity contribution is 8.26. The highest BCUT2D eigenvalue weighted by Crippen LogP contribution is 2.32. The fourth-order valence-corrected chi connectivity index (χ4v) is 4.25. The van der Waals surface area contributed by atoms with Crippen molar-refractivity contribution >= 4 is 46.2 Å². The molecule has 3 rings (SSSR count). The molecule has 6 nitrogen and oxygen atoms in total. The first-order chi connectivity index (χ1) is 14.5. The van der Waals surface area contributed by atoms with E-state index >= 15 is 0 Å². The van der Waals surface area contributed by atoms with E-state index < -0.39 is 6.04 Å². The Hall–Kier alpha value is -2.68. The van der Waals surface area contributed by atoms with Crippen molar-refractivity contribution in [1.29, 1.82) is 0 Å². The minimum atomic E-state index is -0.439. The van der Waals surface area contributed by atoms with E-state index in [4.69, 9.17) is 17.0 Å². The number of thioether (sulfide) groups is 1. The Morgan fingerprint density at radius 3 is 2.73 bits per heavy atom. The zero-order valence-electron chi connectivity index (χ0n) is 16.4. The molecule has 1 fully saturated rings. The summed E-state index contributed by atoms with van der Waals surface area (Å²) in [7, 11) is 1.58. The molecule has 2 aromatic carbocycles. The van der Waals surface area contributed by atoms with Crippen LogP contribution in [-0.4, -0.2) is 52.4 Å². The number of aliphatic hydroxyl groups excluding tert-OH is 1. The van der Waals surface area contributed by atoms with Gasteiger partial charge >= 0.3 is 0 Å². The Morgan fingerprint density at radius 2 is 2.03 bits per heavy atom. The van der Waals surface area contributed by atoms with Crippen molar-refractivity contribution in [2.24, 2.45) is 0 Å². The number of carbonyl (C=O) groups is 2. The highest BCUT2D eigenvalue weighted by atomic mass is 32.2. The zero-order valence-corrected chi connectivity index (χ0v) is 18.0. The van der Waals surface area contributed by atoms with Gasteiger partial charge in [-0.1, -0.05) is 66.4 Å². The zero-order chi connectivity index (χ0) is 21.5. The van der Waals surface area contributed by atoms with E-state index in [0.717, 1.165) is 22.9 Å². The van der Waals surface area contributed by atoms with Gasteiger partial charge in [-0.15, -0.1) is 0 Å². The van der Waals surface area contributed by atoms with Crippen molar-refractivity contribution in [3.05, 3.63) is 70.6 Å². The summed E-state index contributed by atoms with van der Waals surface area (Å²) in [5.41, 5.74) is 1.81. The fraction of sp³-hybridized carbons (Fsp3) is 0.227. The van der Waals surface area contributed by atoms with Gasteiger partial charge in [-0.05, 0) is 35.8 Å². The standard InChI is InChI=1S/C22H22N2O4S2/c1-28-18-9-5-8-16(11-18)12-19-21(27)24(22(29)30-19)13-20(26)23-17(14-25)10-15-6-3-2-4-7-15/h2-9,11-12,17,25H,10,13-14H2,1H3,(H,23,26)/b19-12-/t17-/m0/s1. The molecule has 2 aromatic rings. The van der Waals surface area contributed by atoms with Gasteiger partial charge in [0, 0.05) is 0 Å². The van der Waals surface area contributed by atoms with Crippen molar-refractivity contribution in [2.75, 3.05) is 20.3 Å². The lowest BCUT2D eigenvalue weighted by atomic mass is 10.1. The minimum Gasteiger partial charge on any atom is -0.497 e. The second-order valence-corrected chi connectivity index (χ2v) is 8.36. The van der Waals surface area contributed by atoms with E-state index in [1.807, 2.05) is 54.6 Å². The van der Waals surface area contributed by atoms with E-state index in [9.17, 15) is 14.7 Å². The monoisotopic (exact) mass is 442 g/mol. The fourth-order valence-electron chi connectivity index (χ4n) is 3.00. The average Bonchev–Trinajstić information content (AvgIpc) is 3.01. The lowest BCUT2D eigenvalue weighted by molar-refractivity contribution is -0.129. The minimum absolute atomic E-state index is 0.189. The molecule has 1 aliphatic rings. The van der Waals surface area contributed by atoms with Gasteiger partial charge in [0.15, 0.2) is 0 Å². The SMILES string of the molecule is COc1cccc(/C=C2\SC(=S)N(CC(=O)N[C@H](CO)Cc3ccccc3)C2=O)c1. The molecule has 0 unspecified atom stereocenters. The summed E-state index contributed by atoms with van der Waals surface area (Å²) in [6, 6.07) is 16.5. The number of hydrogen-bond donors (Lipinski definition) is 2. The van der Waals surface area contributed by atoms with E-state index in [2.05, 4.69) is 5.32 Å². The van der Waals surface area contributed by atoms with Crippen LogP contribution in [0, 0.1) is 0 Å².